The first kappa shape index (κ1) is 21.8. The van der Waals surface area contributed by atoms with Crippen LogP contribution < -0.4 is 0 Å². The topological polar surface area (TPSA) is 0 Å². The van der Waals surface area contributed by atoms with Gasteiger partial charge in [-0.05, 0) is 0 Å². The molecule has 1 heteroatoms. The van der Waals surface area contributed by atoms with E-state index in [-0.39, 0.29) is 0 Å². The van der Waals surface area contributed by atoms with E-state index in [4.69, 9.17) is 0 Å². The van der Waals surface area contributed by atoms with Gasteiger partial charge in [-0.1, -0.05) is 0 Å². The molecule has 0 aromatic carbocycles. The molecule has 0 spiro atoms. The first-order valence-electron chi connectivity index (χ1n) is 10.1. The van der Waals surface area contributed by atoms with E-state index in [0.717, 1.165) is 0 Å². The van der Waals surface area contributed by atoms with E-state index >= 15 is 0 Å². The number of rotatable bonds is 15. The summed E-state index contributed by atoms with van der Waals surface area (Å²) in [7, 11) is 0. The van der Waals surface area contributed by atoms with Crippen LogP contribution in [-0.2, 0) is 0 Å². The minimum atomic E-state index is -2.38. The van der Waals surface area contributed by atoms with Crippen molar-refractivity contribution in [1.29, 1.82) is 0 Å². The predicted octanol–water partition coefficient (Wildman–Crippen LogP) is 8.39. The third kappa shape index (κ3) is 7.76. The van der Waals surface area contributed by atoms with Crippen molar-refractivity contribution in [3.63, 3.8) is 0 Å². The van der Waals surface area contributed by atoms with Crippen LogP contribution in [0.4, 0.5) is 0 Å². The van der Waals surface area contributed by atoms with Gasteiger partial charge in [0.15, 0.2) is 0 Å². The van der Waals surface area contributed by atoms with Crippen LogP contribution in [0.3, 0.4) is 0 Å². The van der Waals surface area contributed by atoms with Crippen LogP contribution in [0.1, 0.15) is 98.8 Å². The summed E-state index contributed by atoms with van der Waals surface area (Å²) >= 11 is -2.38. The molecule has 0 unspecified atom stereocenters. The summed E-state index contributed by atoms with van der Waals surface area (Å²) in [6, 6.07) is 0. The van der Waals surface area contributed by atoms with Crippen molar-refractivity contribution in [3.05, 3.63) is 0 Å². The average Bonchev–Trinajstić information content (AvgIpc) is 2.53. The van der Waals surface area contributed by atoms with Gasteiger partial charge in [-0.25, -0.2) is 0 Å². The van der Waals surface area contributed by atoms with E-state index in [1.165, 1.54) is 64.2 Å². The molecular weight excluding hydrogens is 362 g/mol. The molecule has 0 aromatic rings. The first-order chi connectivity index (χ1) is 10.1. The molecule has 0 fully saturated rings. The van der Waals surface area contributed by atoms with Crippen LogP contribution in [0.5, 0.6) is 0 Å². The van der Waals surface area contributed by atoms with Crippen molar-refractivity contribution < 1.29 is 0 Å². The average molecular weight is 407 g/mol. The zero-order chi connectivity index (χ0) is 16.1. The zero-order valence-corrected chi connectivity index (χ0v) is 18.6. The Labute approximate surface area is 137 Å². The molecule has 0 saturated carbocycles. The van der Waals surface area contributed by atoms with Crippen molar-refractivity contribution in [1.82, 2.24) is 0 Å². The van der Waals surface area contributed by atoms with Gasteiger partial charge in [-0.15, -0.1) is 0 Å². The molecule has 0 amide bonds. The van der Waals surface area contributed by atoms with Crippen molar-refractivity contribution in [2.24, 2.45) is 0 Å². The van der Waals surface area contributed by atoms with Gasteiger partial charge in [0.25, 0.3) is 0 Å². The van der Waals surface area contributed by atoms with Crippen LogP contribution in [-0.4, -0.2) is 17.4 Å². The molecule has 0 radical (unpaired) electrons. The predicted molar refractivity (Wildman–Crippen MR) is 104 cm³/mol. The Bertz CT molecular complexity index is 170. The van der Waals surface area contributed by atoms with Crippen LogP contribution in [0.15, 0.2) is 0 Å². The van der Waals surface area contributed by atoms with Crippen molar-refractivity contribution in [2.45, 2.75) is 121 Å². The number of hydrogen-bond acceptors (Lipinski definition) is 0. The van der Waals surface area contributed by atoms with E-state index in [1.54, 1.807) is 21.8 Å². The number of hydrogen-bond donors (Lipinski definition) is 0. The van der Waals surface area contributed by atoms with Crippen LogP contribution >= 0.6 is 0 Å². The summed E-state index contributed by atoms with van der Waals surface area (Å²) in [6.45, 7) is 12.0. The van der Waals surface area contributed by atoms with Crippen LogP contribution in [0.25, 0.3) is 0 Å². The van der Waals surface area contributed by atoms with Gasteiger partial charge in [-0.2, -0.15) is 0 Å². The van der Waals surface area contributed by atoms with Crippen LogP contribution in [0, 0.1) is 0 Å². The molecule has 0 atom stereocenters. The zero-order valence-electron chi connectivity index (χ0n) is 16.1. The normalized spacial score (nSPS) is 14.0. The van der Waals surface area contributed by atoms with E-state index in [0.29, 0.717) is 0 Å². The summed E-state index contributed by atoms with van der Waals surface area (Å²) in [6.07, 6.45) is 14.7. The fourth-order valence-corrected chi connectivity index (χ4v) is 27.8. The molecule has 130 valence electrons. The van der Waals surface area contributed by atoms with E-state index in [1.807, 2.05) is 0 Å². The molecular formula is C20H45Sb. The van der Waals surface area contributed by atoms with E-state index < -0.39 is 17.4 Å². The second-order valence-electron chi connectivity index (χ2n) is 7.62. The monoisotopic (exact) mass is 406 g/mol. The van der Waals surface area contributed by atoms with Crippen molar-refractivity contribution in [2.75, 3.05) is 0 Å². The minimum absolute atomic E-state index is 1.42. The summed E-state index contributed by atoms with van der Waals surface area (Å²) in [4.78, 5) is 0. The fourth-order valence-electron chi connectivity index (χ4n) is 4.14. The molecule has 0 rings (SSSR count). The second kappa shape index (κ2) is 12.3. The van der Waals surface area contributed by atoms with Crippen LogP contribution in [0.2, 0.25) is 21.8 Å². The molecule has 0 aromatic heterocycles. The molecule has 0 heterocycles. The Balaban J connectivity index is 5.33. The van der Waals surface area contributed by atoms with Gasteiger partial charge in [0.2, 0.25) is 0 Å². The van der Waals surface area contributed by atoms with Gasteiger partial charge >= 0.3 is 138 Å². The third-order valence-electron chi connectivity index (χ3n) is 5.72. The summed E-state index contributed by atoms with van der Waals surface area (Å²) in [5, 5.41) is 0. The summed E-state index contributed by atoms with van der Waals surface area (Å²) < 4.78 is 8.49. The molecule has 0 N–H and O–H groups in total. The van der Waals surface area contributed by atoms with Gasteiger partial charge in [0, 0.05) is 0 Å². The Morgan fingerprint density at radius 2 is 0.571 bits per heavy atom. The van der Waals surface area contributed by atoms with Gasteiger partial charge < -0.3 is 0 Å². The Hall–Kier alpha value is 0.818. The molecule has 0 saturated heterocycles. The summed E-state index contributed by atoms with van der Waals surface area (Å²) in [5.74, 6) is 0. The van der Waals surface area contributed by atoms with Gasteiger partial charge in [-0.3, -0.25) is 0 Å². The summed E-state index contributed by atoms with van der Waals surface area (Å²) in [5.41, 5.74) is 0. The quantitative estimate of drug-likeness (QED) is 0.239. The third-order valence-corrected chi connectivity index (χ3v) is 28.3. The SMILES string of the molecule is CCC[CH2][Sb]([CH2]CCC)([CH2]CCC)([CH2]CCC)[CH2]CCC. The molecule has 0 aliphatic rings. The standard InChI is InChI=1S/5C4H9.Sb/c5*1-3-4-2;/h5*1,3-4H2,2H3;. The first-order valence-corrected chi connectivity index (χ1v) is 19.1. The second-order valence-corrected chi connectivity index (χ2v) is 26.8. The van der Waals surface area contributed by atoms with Crippen molar-refractivity contribution in [3.8, 4) is 0 Å². The van der Waals surface area contributed by atoms with E-state index in [2.05, 4.69) is 34.6 Å². The van der Waals surface area contributed by atoms with E-state index in [9.17, 15) is 0 Å². The molecule has 0 aliphatic heterocycles. The maximum atomic E-state index is 2.41. The fraction of sp³-hybridized carbons (Fsp3) is 1.00. The Morgan fingerprint density at radius 1 is 0.381 bits per heavy atom. The number of unbranched alkanes of at least 4 members (excludes halogenated alkanes) is 5. The molecule has 0 bridgehead atoms. The molecule has 0 aliphatic carbocycles. The maximum absolute atomic E-state index is 2.41. The Kier molecular flexibility index (Phi) is 12.7. The molecule has 21 heavy (non-hydrogen) atoms. The van der Waals surface area contributed by atoms with Crippen molar-refractivity contribution >= 4 is 17.4 Å². The van der Waals surface area contributed by atoms with Gasteiger partial charge in [0.05, 0.1) is 0 Å². The Morgan fingerprint density at radius 3 is 0.714 bits per heavy atom. The van der Waals surface area contributed by atoms with Gasteiger partial charge in [0.1, 0.15) is 0 Å². The molecule has 0 nitrogen and oxygen atoms in total.